The van der Waals surface area contributed by atoms with Crippen LogP contribution in [0.3, 0.4) is 0 Å². The molecule has 3 nitrogen and oxygen atoms in total. The first-order valence-electron chi connectivity index (χ1n) is 4.98. The van der Waals surface area contributed by atoms with Crippen molar-refractivity contribution in [1.82, 2.24) is 0 Å². The van der Waals surface area contributed by atoms with Crippen molar-refractivity contribution in [3.63, 3.8) is 0 Å². The molecule has 16 heavy (non-hydrogen) atoms. The van der Waals surface area contributed by atoms with E-state index in [4.69, 9.17) is 4.74 Å². The molecule has 0 unspecified atom stereocenters. The van der Waals surface area contributed by atoms with E-state index in [1.165, 1.54) is 6.07 Å². The van der Waals surface area contributed by atoms with Gasteiger partial charge < -0.3 is 10.1 Å². The molecule has 1 aromatic carbocycles. The summed E-state index contributed by atoms with van der Waals surface area (Å²) in [5, 5.41) is 2.79. The van der Waals surface area contributed by atoms with E-state index in [1.54, 1.807) is 6.92 Å². The highest BCUT2D eigenvalue weighted by atomic mass is 19.2. The zero-order valence-corrected chi connectivity index (χ0v) is 8.93. The van der Waals surface area contributed by atoms with Gasteiger partial charge in [0.2, 0.25) is 0 Å². The zero-order chi connectivity index (χ0) is 12.0. The Bertz CT molecular complexity index is 369. The summed E-state index contributed by atoms with van der Waals surface area (Å²) in [5.74, 6) is -2.13. The van der Waals surface area contributed by atoms with E-state index in [0.29, 0.717) is 18.8 Å². The van der Waals surface area contributed by atoms with Crippen molar-refractivity contribution in [2.75, 3.05) is 18.5 Å². The number of hydrogen-bond acceptors (Lipinski definition) is 3. The zero-order valence-electron chi connectivity index (χ0n) is 8.93. The van der Waals surface area contributed by atoms with Crippen LogP contribution in [-0.4, -0.2) is 19.1 Å². The van der Waals surface area contributed by atoms with E-state index in [1.807, 2.05) is 0 Å². The van der Waals surface area contributed by atoms with Gasteiger partial charge in [0, 0.05) is 12.2 Å². The second-order valence-electron chi connectivity index (χ2n) is 3.11. The Hall–Kier alpha value is -1.65. The van der Waals surface area contributed by atoms with Gasteiger partial charge in [-0.3, -0.25) is 4.79 Å². The third-order valence-corrected chi connectivity index (χ3v) is 1.88. The minimum absolute atomic E-state index is 0.187. The third-order valence-electron chi connectivity index (χ3n) is 1.88. The maximum absolute atomic E-state index is 12.8. The van der Waals surface area contributed by atoms with E-state index >= 15 is 0 Å². The van der Waals surface area contributed by atoms with Crippen LogP contribution in [0, 0.1) is 11.6 Å². The summed E-state index contributed by atoms with van der Waals surface area (Å²) in [6.07, 6.45) is 0.187. The van der Waals surface area contributed by atoms with Gasteiger partial charge in [-0.15, -0.1) is 0 Å². The van der Waals surface area contributed by atoms with Crippen LogP contribution in [-0.2, 0) is 9.53 Å². The van der Waals surface area contributed by atoms with Gasteiger partial charge in [-0.25, -0.2) is 8.78 Å². The highest BCUT2D eigenvalue weighted by Gasteiger charge is 2.03. The van der Waals surface area contributed by atoms with E-state index in [-0.39, 0.29) is 12.4 Å². The molecule has 0 aromatic heterocycles. The normalized spacial score (nSPS) is 9.94. The molecular formula is C11H13F2NO2. The molecule has 0 atom stereocenters. The Kier molecular flexibility index (Phi) is 4.69. The minimum Gasteiger partial charge on any atom is -0.466 e. The van der Waals surface area contributed by atoms with Gasteiger partial charge in [-0.2, -0.15) is 0 Å². The lowest BCUT2D eigenvalue weighted by Gasteiger charge is -2.06. The number of rotatable bonds is 5. The average molecular weight is 229 g/mol. The molecule has 5 heteroatoms. The van der Waals surface area contributed by atoms with Gasteiger partial charge in [0.1, 0.15) is 0 Å². The van der Waals surface area contributed by atoms with Crippen molar-refractivity contribution >= 4 is 11.7 Å². The average Bonchev–Trinajstić information content (AvgIpc) is 2.24. The number of benzene rings is 1. The Balaban J connectivity index is 2.37. The molecule has 1 rings (SSSR count). The summed E-state index contributed by atoms with van der Waals surface area (Å²) in [6.45, 7) is 2.38. The van der Waals surface area contributed by atoms with E-state index < -0.39 is 11.6 Å². The second-order valence-corrected chi connectivity index (χ2v) is 3.11. The molecule has 0 heterocycles. The maximum Gasteiger partial charge on any atom is 0.307 e. The van der Waals surface area contributed by atoms with Crippen molar-refractivity contribution in [2.45, 2.75) is 13.3 Å². The minimum atomic E-state index is -0.916. The maximum atomic E-state index is 12.8. The lowest BCUT2D eigenvalue weighted by Crippen LogP contribution is -2.11. The summed E-state index contributed by atoms with van der Waals surface area (Å²) in [7, 11) is 0. The SMILES string of the molecule is CCOC(=O)CCNc1ccc(F)c(F)c1. The molecule has 1 aromatic rings. The van der Waals surface area contributed by atoms with E-state index in [0.717, 1.165) is 12.1 Å². The fraction of sp³-hybridized carbons (Fsp3) is 0.364. The Labute approximate surface area is 92.4 Å². The van der Waals surface area contributed by atoms with Crippen LogP contribution in [0.5, 0.6) is 0 Å². The Morgan fingerprint density at radius 2 is 2.12 bits per heavy atom. The lowest BCUT2D eigenvalue weighted by atomic mass is 10.3. The molecule has 0 saturated carbocycles. The van der Waals surface area contributed by atoms with Crippen molar-refractivity contribution in [3.8, 4) is 0 Å². The highest BCUT2D eigenvalue weighted by Crippen LogP contribution is 2.12. The lowest BCUT2D eigenvalue weighted by molar-refractivity contribution is -0.142. The first kappa shape index (κ1) is 12.4. The number of ether oxygens (including phenoxy) is 1. The largest absolute Gasteiger partial charge is 0.466 e. The predicted octanol–water partition coefficient (Wildman–Crippen LogP) is 2.33. The van der Waals surface area contributed by atoms with Crippen LogP contribution in [0.1, 0.15) is 13.3 Å². The van der Waals surface area contributed by atoms with Crippen molar-refractivity contribution < 1.29 is 18.3 Å². The molecule has 0 aliphatic carbocycles. The Morgan fingerprint density at radius 1 is 1.38 bits per heavy atom. The van der Waals surface area contributed by atoms with Crippen LogP contribution >= 0.6 is 0 Å². The molecule has 0 fully saturated rings. The first-order valence-corrected chi connectivity index (χ1v) is 4.98. The van der Waals surface area contributed by atoms with Gasteiger partial charge in [-0.1, -0.05) is 0 Å². The summed E-state index contributed by atoms with van der Waals surface area (Å²) in [5.41, 5.74) is 0.434. The molecule has 0 saturated heterocycles. The van der Waals surface area contributed by atoms with E-state index in [2.05, 4.69) is 5.32 Å². The molecule has 0 bridgehead atoms. The predicted molar refractivity (Wildman–Crippen MR) is 56.1 cm³/mol. The molecular weight excluding hydrogens is 216 g/mol. The van der Waals surface area contributed by atoms with Crippen molar-refractivity contribution in [3.05, 3.63) is 29.8 Å². The quantitative estimate of drug-likeness (QED) is 0.787. The molecule has 0 amide bonds. The summed E-state index contributed by atoms with van der Waals surface area (Å²) in [4.78, 5) is 11.0. The Morgan fingerprint density at radius 3 is 2.75 bits per heavy atom. The second kappa shape index (κ2) is 6.05. The van der Waals surface area contributed by atoms with E-state index in [9.17, 15) is 13.6 Å². The van der Waals surface area contributed by atoms with Gasteiger partial charge >= 0.3 is 5.97 Å². The van der Waals surface area contributed by atoms with Crippen LogP contribution in [0.15, 0.2) is 18.2 Å². The summed E-state index contributed by atoms with van der Waals surface area (Å²) >= 11 is 0. The van der Waals surface area contributed by atoms with Crippen LogP contribution in [0.2, 0.25) is 0 Å². The third kappa shape index (κ3) is 3.84. The topological polar surface area (TPSA) is 38.3 Å². The molecule has 1 N–H and O–H groups in total. The number of nitrogens with one attached hydrogen (secondary N) is 1. The number of hydrogen-bond donors (Lipinski definition) is 1. The smallest absolute Gasteiger partial charge is 0.307 e. The van der Waals surface area contributed by atoms with Gasteiger partial charge in [0.15, 0.2) is 11.6 Å². The summed E-state index contributed by atoms with van der Waals surface area (Å²) in [6, 6.07) is 3.48. The van der Waals surface area contributed by atoms with Gasteiger partial charge in [0.05, 0.1) is 13.0 Å². The molecule has 0 aliphatic rings. The first-order chi connectivity index (χ1) is 7.63. The monoisotopic (exact) mass is 229 g/mol. The number of esters is 1. The number of carbonyl (C=O) groups is 1. The molecule has 88 valence electrons. The fourth-order valence-corrected chi connectivity index (χ4v) is 1.15. The number of anilines is 1. The van der Waals surface area contributed by atoms with Crippen LogP contribution in [0.25, 0.3) is 0 Å². The fourth-order valence-electron chi connectivity index (χ4n) is 1.15. The number of halogens is 2. The van der Waals surface area contributed by atoms with Crippen molar-refractivity contribution in [2.24, 2.45) is 0 Å². The number of carbonyl (C=O) groups excluding carboxylic acids is 1. The van der Waals surface area contributed by atoms with Gasteiger partial charge in [-0.05, 0) is 25.1 Å². The van der Waals surface area contributed by atoms with Crippen LogP contribution in [0.4, 0.5) is 14.5 Å². The van der Waals surface area contributed by atoms with Gasteiger partial charge in [0.25, 0.3) is 0 Å². The molecule has 0 spiro atoms. The standard InChI is InChI=1S/C11H13F2NO2/c1-2-16-11(15)5-6-14-8-3-4-9(12)10(13)7-8/h3-4,7,14H,2,5-6H2,1H3. The highest BCUT2D eigenvalue weighted by molar-refractivity contribution is 5.70. The molecule has 0 radical (unpaired) electrons. The van der Waals surface area contributed by atoms with Crippen LogP contribution < -0.4 is 5.32 Å². The van der Waals surface area contributed by atoms with Crippen molar-refractivity contribution in [1.29, 1.82) is 0 Å². The molecule has 0 aliphatic heterocycles. The summed E-state index contributed by atoms with van der Waals surface area (Å²) < 4.78 is 30.1.